The van der Waals surface area contributed by atoms with E-state index >= 15 is 0 Å². The van der Waals surface area contributed by atoms with Crippen molar-refractivity contribution < 1.29 is 33.8 Å². The van der Waals surface area contributed by atoms with Crippen molar-refractivity contribution in [2.75, 3.05) is 13.2 Å². The standard InChI is InChI=1S/C22H17Cl2NO7S/c1-2-31-18(26)10-25-20(27)17(33-22(25)30)9-13-7-15(23)19(16(24)8-13)32-11-12-3-5-14(6-4-12)21(28)29/h3-9H,2,10-11H2,1H3,(H,28,29)/b17-9+. The van der Waals surface area contributed by atoms with Gasteiger partial charge in [-0.05, 0) is 60.2 Å². The van der Waals surface area contributed by atoms with Crippen molar-refractivity contribution in [1.82, 2.24) is 4.90 Å². The number of carboxylic acids is 1. The monoisotopic (exact) mass is 509 g/mol. The molecule has 0 unspecified atom stereocenters. The van der Waals surface area contributed by atoms with Crippen LogP contribution < -0.4 is 4.74 Å². The average Bonchev–Trinajstić information content (AvgIpc) is 3.01. The lowest BCUT2D eigenvalue weighted by molar-refractivity contribution is -0.145. The number of carboxylic acid groups (broad SMARTS) is 1. The van der Waals surface area contributed by atoms with Gasteiger partial charge in [0.1, 0.15) is 13.2 Å². The molecule has 1 aliphatic heterocycles. The number of ether oxygens (including phenoxy) is 2. The molecule has 0 aromatic heterocycles. The smallest absolute Gasteiger partial charge is 0.335 e. The molecule has 0 bridgehead atoms. The van der Waals surface area contributed by atoms with E-state index in [1.807, 2.05) is 0 Å². The number of amides is 2. The Hall–Kier alpha value is -3.01. The molecule has 2 aromatic carbocycles. The molecule has 1 saturated heterocycles. The zero-order valence-electron chi connectivity index (χ0n) is 17.2. The van der Waals surface area contributed by atoms with Crippen molar-refractivity contribution in [3.8, 4) is 5.75 Å². The maximum Gasteiger partial charge on any atom is 0.335 e. The van der Waals surface area contributed by atoms with E-state index in [1.165, 1.54) is 30.3 Å². The number of hydrogen-bond acceptors (Lipinski definition) is 7. The molecule has 172 valence electrons. The molecule has 0 aliphatic carbocycles. The molecule has 11 heteroatoms. The lowest BCUT2D eigenvalue weighted by Gasteiger charge is -2.12. The van der Waals surface area contributed by atoms with Crippen LogP contribution in [0.15, 0.2) is 41.3 Å². The fraction of sp³-hybridized carbons (Fsp3) is 0.182. The molecule has 1 fully saturated rings. The molecule has 0 radical (unpaired) electrons. The summed E-state index contributed by atoms with van der Waals surface area (Å²) in [7, 11) is 0. The summed E-state index contributed by atoms with van der Waals surface area (Å²) in [5, 5.41) is 8.74. The average molecular weight is 510 g/mol. The molecule has 1 aliphatic rings. The van der Waals surface area contributed by atoms with Gasteiger partial charge in [0.15, 0.2) is 5.75 Å². The predicted octanol–water partition coefficient (Wildman–Crippen LogP) is 4.87. The summed E-state index contributed by atoms with van der Waals surface area (Å²) in [5.41, 5.74) is 1.34. The molecule has 3 rings (SSSR count). The first-order chi connectivity index (χ1) is 15.7. The van der Waals surface area contributed by atoms with E-state index in [1.54, 1.807) is 19.1 Å². The molecule has 0 saturated carbocycles. The molecular weight excluding hydrogens is 493 g/mol. The van der Waals surface area contributed by atoms with E-state index in [4.69, 9.17) is 37.8 Å². The summed E-state index contributed by atoms with van der Waals surface area (Å²) >= 11 is 13.3. The van der Waals surface area contributed by atoms with Crippen LogP contribution in [0, 0.1) is 0 Å². The number of carbonyl (C=O) groups excluding carboxylic acids is 3. The van der Waals surface area contributed by atoms with Crippen molar-refractivity contribution in [3.63, 3.8) is 0 Å². The number of esters is 1. The quantitative estimate of drug-likeness (QED) is 0.396. The molecule has 1 heterocycles. The highest BCUT2D eigenvalue weighted by Gasteiger charge is 2.36. The molecule has 0 spiro atoms. The first-order valence-electron chi connectivity index (χ1n) is 9.54. The Bertz CT molecular complexity index is 1120. The first kappa shape index (κ1) is 24.6. The largest absolute Gasteiger partial charge is 0.486 e. The van der Waals surface area contributed by atoms with E-state index in [2.05, 4.69) is 0 Å². The minimum atomic E-state index is -1.03. The Balaban J connectivity index is 1.72. The van der Waals surface area contributed by atoms with E-state index in [-0.39, 0.29) is 39.5 Å². The van der Waals surface area contributed by atoms with Crippen LogP contribution in [0.2, 0.25) is 10.0 Å². The van der Waals surface area contributed by atoms with E-state index < -0.39 is 29.6 Å². The van der Waals surface area contributed by atoms with Gasteiger partial charge in [-0.2, -0.15) is 0 Å². The van der Waals surface area contributed by atoms with Gasteiger partial charge in [-0.1, -0.05) is 35.3 Å². The number of nitrogens with zero attached hydrogens (tertiary/aromatic N) is 1. The molecule has 1 N–H and O–H groups in total. The van der Waals surface area contributed by atoms with E-state index in [0.29, 0.717) is 22.9 Å². The molecule has 8 nitrogen and oxygen atoms in total. The van der Waals surface area contributed by atoms with Crippen LogP contribution in [0.1, 0.15) is 28.4 Å². The number of benzene rings is 2. The van der Waals surface area contributed by atoms with Crippen LogP contribution in [0.25, 0.3) is 6.08 Å². The number of hydrogen-bond donors (Lipinski definition) is 1. The molecular formula is C22H17Cl2NO7S. The highest BCUT2D eigenvalue weighted by atomic mass is 35.5. The van der Waals surface area contributed by atoms with Crippen LogP contribution in [-0.4, -0.2) is 46.2 Å². The van der Waals surface area contributed by atoms with Gasteiger partial charge in [0.05, 0.1) is 27.1 Å². The van der Waals surface area contributed by atoms with Crippen LogP contribution in [0.5, 0.6) is 5.75 Å². The zero-order valence-corrected chi connectivity index (χ0v) is 19.5. The van der Waals surface area contributed by atoms with Gasteiger partial charge in [0.25, 0.3) is 11.1 Å². The minimum absolute atomic E-state index is 0.103. The van der Waals surface area contributed by atoms with Crippen LogP contribution in [0.4, 0.5) is 4.79 Å². The van der Waals surface area contributed by atoms with Gasteiger partial charge < -0.3 is 14.6 Å². The molecule has 2 aromatic rings. The van der Waals surface area contributed by atoms with Crippen molar-refractivity contribution in [3.05, 3.63) is 68.0 Å². The maximum atomic E-state index is 12.5. The van der Waals surface area contributed by atoms with Crippen LogP contribution >= 0.6 is 35.0 Å². The van der Waals surface area contributed by atoms with Gasteiger partial charge in [-0.3, -0.25) is 19.3 Å². The first-order valence-corrected chi connectivity index (χ1v) is 11.1. The molecule has 2 amide bonds. The summed E-state index contributed by atoms with van der Waals surface area (Å²) in [5.74, 6) is -2.10. The topological polar surface area (TPSA) is 110 Å². The maximum absolute atomic E-state index is 12.5. The second kappa shape index (κ2) is 10.7. The summed E-state index contributed by atoms with van der Waals surface area (Å²) in [6.07, 6.45) is 1.45. The summed E-state index contributed by atoms with van der Waals surface area (Å²) in [6.45, 7) is 1.41. The van der Waals surface area contributed by atoms with Crippen LogP contribution in [-0.2, 0) is 20.9 Å². The van der Waals surface area contributed by atoms with Gasteiger partial charge in [-0.25, -0.2) is 4.79 Å². The highest BCUT2D eigenvalue weighted by molar-refractivity contribution is 8.18. The van der Waals surface area contributed by atoms with E-state index in [0.717, 1.165) is 4.90 Å². The Morgan fingerprint density at radius 2 is 1.76 bits per heavy atom. The zero-order chi connectivity index (χ0) is 24.1. The number of thioether (sulfide) groups is 1. The lowest BCUT2D eigenvalue weighted by atomic mass is 10.1. The van der Waals surface area contributed by atoms with Crippen LogP contribution in [0.3, 0.4) is 0 Å². The molecule has 0 atom stereocenters. The SMILES string of the molecule is CCOC(=O)CN1C(=O)S/C(=C/c2cc(Cl)c(OCc3ccc(C(=O)O)cc3)c(Cl)c2)C1=O. The normalized spacial score (nSPS) is 14.6. The Morgan fingerprint density at radius 1 is 1.12 bits per heavy atom. The second-order valence-corrected chi connectivity index (χ2v) is 8.48. The summed E-state index contributed by atoms with van der Waals surface area (Å²) in [4.78, 5) is 48.1. The van der Waals surface area contributed by atoms with Gasteiger partial charge >= 0.3 is 11.9 Å². The Kier molecular flexibility index (Phi) is 8.01. The van der Waals surface area contributed by atoms with Crippen molar-refractivity contribution in [2.24, 2.45) is 0 Å². The van der Waals surface area contributed by atoms with E-state index in [9.17, 15) is 19.2 Å². The third-order valence-corrected chi connectivity index (χ3v) is 5.84. The Labute approximate surface area is 203 Å². The summed E-state index contributed by atoms with van der Waals surface area (Å²) < 4.78 is 10.5. The third kappa shape index (κ3) is 6.07. The second-order valence-electron chi connectivity index (χ2n) is 6.68. The number of imide groups is 1. The van der Waals surface area contributed by atoms with Crippen molar-refractivity contribution >= 4 is 64.1 Å². The van der Waals surface area contributed by atoms with Crippen molar-refractivity contribution in [1.29, 1.82) is 0 Å². The van der Waals surface area contributed by atoms with Gasteiger partial charge in [0, 0.05) is 0 Å². The van der Waals surface area contributed by atoms with Gasteiger partial charge in [0.2, 0.25) is 0 Å². The molecule has 33 heavy (non-hydrogen) atoms. The third-order valence-electron chi connectivity index (χ3n) is 4.37. The Morgan fingerprint density at radius 3 is 2.33 bits per heavy atom. The van der Waals surface area contributed by atoms with Gasteiger partial charge in [-0.15, -0.1) is 0 Å². The lowest BCUT2D eigenvalue weighted by Crippen LogP contribution is -2.34. The fourth-order valence-electron chi connectivity index (χ4n) is 2.82. The minimum Gasteiger partial charge on any atom is -0.486 e. The fourth-order valence-corrected chi connectivity index (χ4v) is 4.27. The number of halogens is 2. The highest BCUT2D eigenvalue weighted by Crippen LogP contribution is 2.37. The van der Waals surface area contributed by atoms with Crippen molar-refractivity contribution in [2.45, 2.75) is 13.5 Å². The number of carbonyl (C=O) groups is 4. The number of rotatable bonds is 8. The number of aromatic carboxylic acids is 1. The predicted molar refractivity (Wildman–Crippen MR) is 124 cm³/mol. The summed E-state index contributed by atoms with van der Waals surface area (Å²) in [6, 6.07) is 9.20.